The summed E-state index contributed by atoms with van der Waals surface area (Å²) in [5.41, 5.74) is 0. The smallest absolute Gasteiger partial charge is 0.244 e. The van der Waals surface area contributed by atoms with Crippen LogP contribution >= 0.6 is 23.2 Å². The topological polar surface area (TPSA) is 66.8 Å². The van der Waals surface area contributed by atoms with Crippen molar-refractivity contribution >= 4 is 33.2 Å². The highest BCUT2D eigenvalue weighted by molar-refractivity contribution is 7.89. The van der Waals surface area contributed by atoms with Crippen molar-refractivity contribution < 1.29 is 18.3 Å². The van der Waals surface area contributed by atoms with E-state index in [0.29, 0.717) is 0 Å². The summed E-state index contributed by atoms with van der Waals surface area (Å²) in [6, 6.07) is 4.39. The number of halogens is 2. The van der Waals surface area contributed by atoms with Gasteiger partial charge in [0.05, 0.1) is 23.3 Å². The van der Waals surface area contributed by atoms with Gasteiger partial charge in [0.2, 0.25) is 10.0 Å². The molecule has 1 aromatic carbocycles. The summed E-state index contributed by atoms with van der Waals surface area (Å²) in [5.74, 6) is 0. The standard InChI is InChI=1S/C11H15Cl2NO4S/c1-18-8-6-14(5-7-15)19(16,17)10-4-2-3-9(12)11(10)13/h2-4,15H,5-8H2,1H3. The predicted molar refractivity (Wildman–Crippen MR) is 74.2 cm³/mol. The Labute approximate surface area is 122 Å². The second-order valence-corrected chi connectivity index (χ2v) is 6.36. The molecule has 0 unspecified atom stereocenters. The molecule has 0 aliphatic carbocycles. The minimum absolute atomic E-state index is 0.0236. The van der Waals surface area contributed by atoms with Gasteiger partial charge in [0, 0.05) is 20.2 Å². The maximum atomic E-state index is 12.4. The molecule has 8 heteroatoms. The molecule has 0 saturated heterocycles. The molecule has 0 aliphatic heterocycles. The average molecular weight is 328 g/mol. The molecule has 108 valence electrons. The second kappa shape index (κ2) is 7.42. The molecule has 19 heavy (non-hydrogen) atoms. The largest absolute Gasteiger partial charge is 0.395 e. The van der Waals surface area contributed by atoms with Crippen molar-refractivity contribution in [3.05, 3.63) is 28.2 Å². The summed E-state index contributed by atoms with van der Waals surface area (Å²) < 4.78 is 30.8. The monoisotopic (exact) mass is 327 g/mol. The molecule has 0 aliphatic rings. The van der Waals surface area contributed by atoms with Gasteiger partial charge in [0.25, 0.3) is 0 Å². The van der Waals surface area contributed by atoms with Crippen molar-refractivity contribution in [2.24, 2.45) is 0 Å². The molecule has 0 aromatic heterocycles. The van der Waals surface area contributed by atoms with Crippen LogP contribution in [0.1, 0.15) is 0 Å². The van der Waals surface area contributed by atoms with Crippen LogP contribution in [0, 0.1) is 0 Å². The normalized spacial score (nSPS) is 12.1. The minimum atomic E-state index is -3.81. The fourth-order valence-electron chi connectivity index (χ4n) is 1.48. The molecule has 0 bridgehead atoms. The van der Waals surface area contributed by atoms with E-state index >= 15 is 0 Å². The average Bonchev–Trinajstić information content (AvgIpc) is 2.37. The van der Waals surface area contributed by atoms with E-state index in [0.717, 1.165) is 4.31 Å². The molecular weight excluding hydrogens is 313 g/mol. The molecule has 0 atom stereocenters. The van der Waals surface area contributed by atoms with Gasteiger partial charge in [-0.2, -0.15) is 4.31 Å². The maximum Gasteiger partial charge on any atom is 0.244 e. The third-order valence-electron chi connectivity index (χ3n) is 2.43. The maximum absolute atomic E-state index is 12.4. The summed E-state index contributed by atoms with van der Waals surface area (Å²) in [6.07, 6.45) is 0. The van der Waals surface area contributed by atoms with Crippen LogP contribution in [0.25, 0.3) is 0 Å². The zero-order chi connectivity index (χ0) is 14.5. The Morgan fingerprint density at radius 1 is 1.32 bits per heavy atom. The van der Waals surface area contributed by atoms with Gasteiger partial charge < -0.3 is 9.84 Å². The van der Waals surface area contributed by atoms with Crippen molar-refractivity contribution in [2.45, 2.75) is 4.90 Å². The first-order chi connectivity index (χ1) is 8.95. The van der Waals surface area contributed by atoms with E-state index in [-0.39, 0.29) is 41.2 Å². The van der Waals surface area contributed by atoms with Crippen LogP contribution in [0.3, 0.4) is 0 Å². The SMILES string of the molecule is COCCN(CCO)S(=O)(=O)c1cccc(Cl)c1Cl. The Morgan fingerprint density at radius 3 is 2.58 bits per heavy atom. The Bertz CT molecular complexity index is 521. The molecule has 1 rings (SSSR count). The summed E-state index contributed by atoms with van der Waals surface area (Å²) >= 11 is 11.7. The lowest BCUT2D eigenvalue weighted by atomic mass is 10.4. The van der Waals surface area contributed by atoms with Gasteiger partial charge in [-0.25, -0.2) is 8.42 Å². The second-order valence-electron chi connectivity index (χ2n) is 3.67. The lowest BCUT2D eigenvalue weighted by Crippen LogP contribution is -2.36. The van der Waals surface area contributed by atoms with Crippen molar-refractivity contribution in [1.29, 1.82) is 0 Å². The van der Waals surface area contributed by atoms with Gasteiger partial charge >= 0.3 is 0 Å². The van der Waals surface area contributed by atoms with Gasteiger partial charge in [-0.1, -0.05) is 29.3 Å². The highest BCUT2D eigenvalue weighted by Gasteiger charge is 2.26. The fourth-order valence-corrected chi connectivity index (χ4v) is 3.63. The number of aliphatic hydroxyl groups excluding tert-OH is 1. The Morgan fingerprint density at radius 2 is 2.00 bits per heavy atom. The fraction of sp³-hybridized carbons (Fsp3) is 0.455. The lowest BCUT2D eigenvalue weighted by molar-refractivity contribution is 0.168. The number of hydrogen-bond acceptors (Lipinski definition) is 4. The molecule has 0 heterocycles. The van der Waals surface area contributed by atoms with E-state index in [2.05, 4.69) is 0 Å². The molecule has 0 amide bonds. The quantitative estimate of drug-likeness (QED) is 0.826. The van der Waals surface area contributed by atoms with Gasteiger partial charge in [-0.3, -0.25) is 0 Å². The van der Waals surface area contributed by atoms with Crippen LogP contribution in [-0.4, -0.2) is 51.2 Å². The zero-order valence-electron chi connectivity index (χ0n) is 10.3. The summed E-state index contributed by atoms with van der Waals surface area (Å²) in [7, 11) is -2.34. The Hall–Kier alpha value is -0.370. The summed E-state index contributed by atoms with van der Waals surface area (Å²) in [6.45, 7) is 0.0231. The molecule has 0 fully saturated rings. The van der Waals surface area contributed by atoms with Crippen LogP contribution in [-0.2, 0) is 14.8 Å². The van der Waals surface area contributed by atoms with Gasteiger partial charge in [-0.05, 0) is 12.1 Å². The van der Waals surface area contributed by atoms with Crippen LogP contribution < -0.4 is 0 Å². The van der Waals surface area contributed by atoms with E-state index in [1.807, 2.05) is 0 Å². The van der Waals surface area contributed by atoms with Crippen molar-refractivity contribution in [3.63, 3.8) is 0 Å². The van der Waals surface area contributed by atoms with Crippen molar-refractivity contribution in [3.8, 4) is 0 Å². The molecule has 5 nitrogen and oxygen atoms in total. The zero-order valence-corrected chi connectivity index (χ0v) is 12.7. The lowest BCUT2D eigenvalue weighted by Gasteiger charge is -2.21. The van der Waals surface area contributed by atoms with E-state index < -0.39 is 10.0 Å². The number of methoxy groups -OCH3 is 1. The summed E-state index contributed by atoms with van der Waals surface area (Å²) in [4.78, 5) is -0.0776. The third kappa shape index (κ3) is 4.05. The van der Waals surface area contributed by atoms with Crippen molar-refractivity contribution in [2.75, 3.05) is 33.4 Å². The van der Waals surface area contributed by atoms with Gasteiger partial charge in [0.1, 0.15) is 4.90 Å². The number of aliphatic hydroxyl groups is 1. The first-order valence-corrected chi connectivity index (χ1v) is 7.68. The first kappa shape index (κ1) is 16.7. The van der Waals surface area contributed by atoms with Crippen LogP contribution in [0.15, 0.2) is 23.1 Å². The van der Waals surface area contributed by atoms with Crippen LogP contribution in [0.5, 0.6) is 0 Å². The van der Waals surface area contributed by atoms with E-state index in [9.17, 15) is 8.42 Å². The number of hydrogen-bond donors (Lipinski definition) is 1. The summed E-state index contributed by atoms with van der Waals surface area (Å²) in [5, 5.41) is 9.11. The molecule has 0 spiro atoms. The number of benzene rings is 1. The molecule has 0 radical (unpaired) electrons. The highest BCUT2D eigenvalue weighted by atomic mass is 35.5. The van der Waals surface area contributed by atoms with E-state index in [1.165, 1.54) is 25.3 Å². The molecule has 1 N–H and O–H groups in total. The Kier molecular flexibility index (Phi) is 6.52. The highest BCUT2D eigenvalue weighted by Crippen LogP contribution is 2.30. The van der Waals surface area contributed by atoms with E-state index in [1.54, 1.807) is 0 Å². The molecule has 0 saturated carbocycles. The van der Waals surface area contributed by atoms with Crippen molar-refractivity contribution in [1.82, 2.24) is 4.31 Å². The van der Waals surface area contributed by atoms with Gasteiger partial charge in [-0.15, -0.1) is 0 Å². The van der Waals surface area contributed by atoms with E-state index in [4.69, 9.17) is 33.0 Å². The number of ether oxygens (including phenoxy) is 1. The number of nitrogens with zero attached hydrogens (tertiary/aromatic N) is 1. The molecule has 1 aromatic rings. The number of sulfonamides is 1. The van der Waals surface area contributed by atoms with Crippen LogP contribution in [0.4, 0.5) is 0 Å². The minimum Gasteiger partial charge on any atom is -0.395 e. The molecular formula is C11H15Cl2NO4S. The van der Waals surface area contributed by atoms with Crippen LogP contribution in [0.2, 0.25) is 10.0 Å². The Balaban J connectivity index is 3.15. The number of rotatable bonds is 7. The first-order valence-electron chi connectivity index (χ1n) is 5.49. The van der Waals surface area contributed by atoms with Gasteiger partial charge in [0.15, 0.2) is 0 Å². The third-order valence-corrected chi connectivity index (χ3v) is 5.30. The predicted octanol–water partition coefficient (Wildman–Crippen LogP) is 1.62.